The fourth-order valence-electron chi connectivity index (χ4n) is 4.50. The summed E-state index contributed by atoms with van der Waals surface area (Å²) in [6.07, 6.45) is 8.19. The van der Waals surface area contributed by atoms with Gasteiger partial charge in [-0.15, -0.1) is 5.10 Å². The first kappa shape index (κ1) is 24.8. The van der Waals surface area contributed by atoms with Gasteiger partial charge in [-0.2, -0.15) is 0 Å². The van der Waals surface area contributed by atoms with Crippen molar-refractivity contribution in [2.75, 3.05) is 0 Å². The highest BCUT2D eigenvalue weighted by atomic mass is 16.5. The van der Waals surface area contributed by atoms with Crippen LogP contribution in [0, 0.1) is 6.92 Å². The minimum Gasteiger partial charge on any atom is -0.484 e. The van der Waals surface area contributed by atoms with Crippen LogP contribution in [0.4, 0.5) is 0 Å². The number of carbonyl (C=O) groups is 1. The summed E-state index contributed by atoms with van der Waals surface area (Å²) >= 11 is 0. The number of benzene rings is 1. The van der Waals surface area contributed by atoms with Crippen LogP contribution in [0.3, 0.4) is 0 Å². The molecule has 0 fully saturated rings. The van der Waals surface area contributed by atoms with E-state index in [1.165, 1.54) is 10.9 Å². The summed E-state index contributed by atoms with van der Waals surface area (Å²) in [5, 5.41) is 17.6. The molecule has 0 saturated heterocycles. The van der Waals surface area contributed by atoms with E-state index in [1.54, 1.807) is 0 Å². The quantitative estimate of drug-likeness (QED) is 0.329. The van der Waals surface area contributed by atoms with Crippen LogP contribution >= 0.6 is 0 Å². The van der Waals surface area contributed by atoms with Crippen LogP contribution in [0.5, 0.6) is 11.5 Å². The third-order valence-corrected chi connectivity index (χ3v) is 6.47. The second kappa shape index (κ2) is 10.1. The van der Waals surface area contributed by atoms with Crippen LogP contribution in [-0.4, -0.2) is 31.7 Å². The number of hydrogen-bond donors (Lipinski definition) is 1. The van der Waals surface area contributed by atoms with Gasteiger partial charge in [0.1, 0.15) is 24.4 Å². The molecule has 0 amide bonds. The number of ether oxygens (including phenoxy) is 2. The predicted molar refractivity (Wildman–Crippen MR) is 130 cm³/mol. The van der Waals surface area contributed by atoms with E-state index >= 15 is 0 Å². The summed E-state index contributed by atoms with van der Waals surface area (Å²) in [7, 11) is 0. The largest absolute Gasteiger partial charge is 0.484 e. The number of aryl methyl sites for hydroxylation is 2. The van der Waals surface area contributed by atoms with E-state index in [1.807, 2.05) is 20.8 Å². The van der Waals surface area contributed by atoms with Crippen LogP contribution in [0.2, 0.25) is 0 Å². The first-order valence-corrected chi connectivity index (χ1v) is 12.2. The molecule has 3 aromatic rings. The summed E-state index contributed by atoms with van der Waals surface area (Å²) < 4.78 is 19.6. The zero-order valence-electron chi connectivity index (χ0n) is 20.8. The third-order valence-electron chi connectivity index (χ3n) is 6.47. The molecule has 0 atom stereocenters. The Morgan fingerprint density at radius 2 is 2.09 bits per heavy atom. The van der Waals surface area contributed by atoms with Crippen LogP contribution < -0.4 is 15.1 Å². The summed E-state index contributed by atoms with van der Waals surface area (Å²) in [6, 6.07) is 2.06. The van der Waals surface area contributed by atoms with Gasteiger partial charge in [-0.05, 0) is 63.6 Å². The van der Waals surface area contributed by atoms with Crippen LogP contribution in [-0.2, 0) is 30.8 Å². The van der Waals surface area contributed by atoms with E-state index in [4.69, 9.17) is 19.0 Å². The van der Waals surface area contributed by atoms with Crippen LogP contribution in [0.1, 0.15) is 75.3 Å². The predicted octanol–water partition coefficient (Wildman–Crippen LogP) is 4.58. The van der Waals surface area contributed by atoms with Gasteiger partial charge >= 0.3 is 11.6 Å². The Bertz CT molecular complexity index is 1290. The standard InChI is InChI=1S/C26H33N3O6/c1-5-6-7-8-9-19-16(2)20-12-17-10-11-26(3,4)35-22(17)24(23(20)34-25(19)32)33-15-18-13-29(28-27-18)14-21(30)31/h12-13H,5-11,14-15H2,1-4H3,(H,30,31). The molecule has 9 nitrogen and oxygen atoms in total. The summed E-state index contributed by atoms with van der Waals surface area (Å²) in [5.74, 6) is -0.0652. The van der Waals surface area contributed by atoms with Gasteiger partial charge in [-0.1, -0.05) is 31.4 Å². The highest BCUT2D eigenvalue weighted by molar-refractivity contribution is 5.90. The molecule has 4 rings (SSSR count). The molecule has 1 aliphatic heterocycles. The van der Waals surface area contributed by atoms with E-state index in [9.17, 15) is 9.59 Å². The molecule has 3 heterocycles. The third kappa shape index (κ3) is 5.49. The Morgan fingerprint density at radius 1 is 1.29 bits per heavy atom. The minimum atomic E-state index is -1.01. The average molecular weight is 484 g/mol. The number of carboxylic acid groups (broad SMARTS) is 1. The normalized spacial score (nSPS) is 14.5. The summed E-state index contributed by atoms with van der Waals surface area (Å²) in [4.78, 5) is 23.9. The smallest absolute Gasteiger partial charge is 0.339 e. The molecular weight excluding hydrogens is 450 g/mol. The molecule has 0 bridgehead atoms. The Balaban J connectivity index is 1.73. The Morgan fingerprint density at radius 3 is 2.83 bits per heavy atom. The van der Waals surface area contributed by atoms with Gasteiger partial charge < -0.3 is 19.0 Å². The molecule has 0 aliphatic carbocycles. The number of unbranched alkanes of at least 4 members (excludes halogenated alkanes) is 3. The van der Waals surface area contributed by atoms with Crippen molar-refractivity contribution in [1.29, 1.82) is 0 Å². The average Bonchev–Trinajstić information content (AvgIpc) is 3.23. The van der Waals surface area contributed by atoms with Crippen molar-refractivity contribution < 1.29 is 23.8 Å². The zero-order chi connectivity index (χ0) is 25.2. The van der Waals surface area contributed by atoms with Crippen molar-refractivity contribution in [3.05, 3.63) is 45.1 Å². The molecular formula is C26H33N3O6. The van der Waals surface area contributed by atoms with E-state index in [2.05, 4.69) is 23.3 Å². The van der Waals surface area contributed by atoms with Gasteiger partial charge in [-0.25, -0.2) is 9.48 Å². The Kier molecular flexibility index (Phi) is 7.14. The number of aromatic nitrogens is 3. The van der Waals surface area contributed by atoms with Crippen molar-refractivity contribution in [1.82, 2.24) is 15.0 Å². The zero-order valence-corrected chi connectivity index (χ0v) is 20.8. The van der Waals surface area contributed by atoms with Crippen molar-refractivity contribution in [3.8, 4) is 11.5 Å². The maximum absolute atomic E-state index is 13.0. The summed E-state index contributed by atoms with van der Waals surface area (Å²) in [6.45, 7) is 7.90. The molecule has 0 unspecified atom stereocenters. The summed E-state index contributed by atoms with van der Waals surface area (Å²) in [5.41, 5.74) is 2.72. The van der Waals surface area contributed by atoms with Crippen LogP contribution in [0.15, 0.2) is 21.5 Å². The second-order valence-electron chi connectivity index (χ2n) is 9.83. The number of hydrogen-bond acceptors (Lipinski definition) is 7. The lowest BCUT2D eigenvalue weighted by Crippen LogP contribution is -2.33. The highest BCUT2D eigenvalue weighted by Gasteiger charge is 2.32. The molecule has 188 valence electrons. The molecule has 0 spiro atoms. The first-order chi connectivity index (χ1) is 16.7. The van der Waals surface area contributed by atoms with E-state index in [0.29, 0.717) is 34.8 Å². The Hall–Kier alpha value is -3.36. The molecule has 0 saturated carbocycles. The van der Waals surface area contributed by atoms with Gasteiger partial charge in [0.2, 0.25) is 5.75 Å². The first-order valence-electron chi connectivity index (χ1n) is 12.2. The SMILES string of the molecule is CCCCCCc1c(C)c2cc3c(c(OCc4cn(CC(=O)O)nn4)c2oc1=O)OC(C)(C)CC3. The maximum atomic E-state index is 13.0. The lowest BCUT2D eigenvalue weighted by molar-refractivity contribution is -0.137. The van der Waals surface area contributed by atoms with Gasteiger partial charge in [0, 0.05) is 10.9 Å². The fourth-order valence-corrected chi connectivity index (χ4v) is 4.50. The van der Waals surface area contributed by atoms with Crippen molar-refractivity contribution in [2.45, 2.75) is 91.4 Å². The highest BCUT2D eigenvalue weighted by Crippen LogP contribution is 2.45. The molecule has 9 heteroatoms. The van der Waals surface area contributed by atoms with E-state index in [0.717, 1.165) is 55.0 Å². The van der Waals surface area contributed by atoms with Crippen molar-refractivity contribution in [2.24, 2.45) is 0 Å². The van der Waals surface area contributed by atoms with Gasteiger partial charge in [-0.3, -0.25) is 4.79 Å². The van der Waals surface area contributed by atoms with Gasteiger partial charge in [0.05, 0.1) is 6.20 Å². The number of fused-ring (bicyclic) bond motifs is 2. The minimum absolute atomic E-state index is 0.0243. The molecule has 35 heavy (non-hydrogen) atoms. The maximum Gasteiger partial charge on any atom is 0.339 e. The molecule has 1 aromatic carbocycles. The van der Waals surface area contributed by atoms with E-state index in [-0.39, 0.29) is 18.8 Å². The lowest BCUT2D eigenvalue weighted by atomic mass is 9.91. The molecule has 1 aliphatic rings. The van der Waals surface area contributed by atoms with E-state index < -0.39 is 11.6 Å². The van der Waals surface area contributed by atoms with Gasteiger partial charge in [0.15, 0.2) is 11.3 Å². The molecule has 1 N–H and O–H groups in total. The topological polar surface area (TPSA) is 117 Å². The number of nitrogens with zero attached hydrogens (tertiary/aromatic N) is 3. The fraction of sp³-hybridized carbons (Fsp3) is 0.538. The molecule has 0 radical (unpaired) electrons. The van der Waals surface area contributed by atoms with Crippen molar-refractivity contribution >= 4 is 16.9 Å². The lowest BCUT2D eigenvalue weighted by Gasteiger charge is -2.33. The number of aliphatic carboxylic acids is 1. The van der Waals surface area contributed by atoms with Gasteiger partial charge in [0.25, 0.3) is 0 Å². The van der Waals surface area contributed by atoms with Crippen LogP contribution in [0.25, 0.3) is 11.0 Å². The Labute approximate surface area is 204 Å². The monoisotopic (exact) mass is 483 g/mol. The second-order valence-corrected chi connectivity index (χ2v) is 9.83. The molecule has 2 aromatic heterocycles. The number of rotatable bonds is 10. The van der Waals surface area contributed by atoms with Crippen molar-refractivity contribution in [3.63, 3.8) is 0 Å². The number of carboxylic acids is 1.